The number of ether oxygens (including phenoxy) is 2. The standard InChI is InChI=1S/C26H31N3O5/c30-15-23-25-21(13-19(33-23)14-24(31)27-16-8-4-5-9-16)20-12-18(10-11-22(20)34-25)29-26(32)28-17-6-2-1-3-7-17/h1-3,6-7,10-12,16,19,21,23,25,30H,4-5,8-9,13-15H2,(H,27,31)(H2,28,29,32)/t19-,21+,23-,25-/m0/s1. The van der Waals surface area contributed by atoms with Crippen LogP contribution in [0.5, 0.6) is 5.75 Å². The van der Waals surface area contributed by atoms with Gasteiger partial charge in [0.05, 0.1) is 19.1 Å². The van der Waals surface area contributed by atoms with Crippen molar-refractivity contribution >= 4 is 23.3 Å². The molecule has 1 saturated heterocycles. The van der Waals surface area contributed by atoms with Crippen molar-refractivity contribution in [1.82, 2.24) is 5.32 Å². The second-order valence-electron chi connectivity index (χ2n) is 9.35. The molecule has 2 heterocycles. The molecule has 3 aliphatic rings. The molecule has 2 aromatic rings. The van der Waals surface area contributed by atoms with E-state index in [-0.39, 0.29) is 49.1 Å². The zero-order chi connectivity index (χ0) is 23.5. The molecule has 0 spiro atoms. The Bertz CT molecular complexity index is 1020. The molecule has 4 atom stereocenters. The highest BCUT2D eigenvalue weighted by Gasteiger charge is 2.46. The van der Waals surface area contributed by atoms with Crippen molar-refractivity contribution in [1.29, 1.82) is 0 Å². The molecule has 0 radical (unpaired) electrons. The number of rotatable bonds is 6. The monoisotopic (exact) mass is 465 g/mol. The number of hydrogen-bond acceptors (Lipinski definition) is 5. The molecular formula is C26H31N3O5. The van der Waals surface area contributed by atoms with Crippen LogP contribution in [0, 0.1) is 0 Å². The maximum absolute atomic E-state index is 12.6. The fourth-order valence-corrected chi connectivity index (χ4v) is 5.35. The normalized spacial score (nSPS) is 25.7. The number of carbonyl (C=O) groups is 2. The van der Waals surface area contributed by atoms with Gasteiger partial charge >= 0.3 is 6.03 Å². The number of hydrogen-bond donors (Lipinski definition) is 4. The summed E-state index contributed by atoms with van der Waals surface area (Å²) >= 11 is 0. The van der Waals surface area contributed by atoms with E-state index in [4.69, 9.17) is 9.47 Å². The SMILES string of the molecule is O=C(C[C@@H]1C[C@@H]2c3cc(NC(=O)Nc4ccccc4)ccc3O[C@@H]2[C@H](CO)O1)NC1CCCC1. The van der Waals surface area contributed by atoms with E-state index in [0.29, 0.717) is 17.8 Å². The molecular weight excluding hydrogens is 434 g/mol. The Labute approximate surface area is 199 Å². The Balaban J connectivity index is 1.26. The Kier molecular flexibility index (Phi) is 6.69. The number of para-hydroxylation sites is 1. The number of fused-ring (bicyclic) bond motifs is 3. The highest BCUT2D eigenvalue weighted by molar-refractivity contribution is 5.99. The van der Waals surface area contributed by atoms with Gasteiger partial charge in [-0.25, -0.2) is 4.79 Å². The topological polar surface area (TPSA) is 109 Å². The Morgan fingerprint density at radius 2 is 1.76 bits per heavy atom. The maximum atomic E-state index is 12.6. The van der Waals surface area contributed by atoms with Crippen LogP contribution in [0.3, 0.4) is 0 Å². The smallest absolute Gasteiger partial charge is 0.323 e. The summed E-state index contributed by atoms with van der Waals surface area (Å²) in [4.78, 5) is 25.0. The van der Waals surface area contributed by atoms with Crippen LogP contribution in [-0.2, 0) is 9.53 Å². The van der Waals surface area contributed by atoms with Gasteiger partial charge in [0.1, 0.15) is 18.0 Å². The van der Waals surface area contributed by atoms with E-state index < -0.39 is 6.10 Å². The number of benzene rings is 2. The van der Waals surface area contributed by atoms with Gasteiger partial charge in [-0.05, 0) is 49.6 Å². The largest absolute Gasteiger partial charge is 0.487 e. The minimum atomic E-state index is -0.506. The molecule has 1 aliphatic carbocycles. The highest BCUT2D eigenvalue weighted by atomic mass is 16.6. The summed E-state index contributed by atoms with van der Waals surface area (Å²) in [5, 5.41) is 18.7. The molecule has 1 saturated carbocycles. The van der Waals surface area contributed by atoms with Crippen molar-refractivity contribution in [2.24, 2.45) is 0 Å². The average Bonchev–Trinajstić information content (AvgIpc) is 3.46. The van der Waals surface area contributed by atoms with E-state index in [9.17, 15) is 14.7 Å². The van der Waals surface area contributed by atoms with Gasteiger partial charge in [-0.2, -0.15) is 0 Å². The summed E-state index contributed by atoms with van der Waals surface area (Å²) in [5.74, 6) is 0.699. The van der Waals surface area contributed by atoms with Gasteiger partial charge in [-0.1, -0.05) is 31.0 Å². The molecule has 2 aliphatic heterocycles. The van der Waals surface area contributed by atoms with Crippen LogP contribution < -0.4 is 20.7 Å². The van der Waals surface area contributed by atoms with Crippen LogP contribution in [0.15, 0.2) is 48.5 Å². The van der Waals surface area contributed by atoms with Gasteiger partial charge in [0.25, 0.3) is 0 Å². The van der Waals surface area contributed by atoms with E-state index >= 15 is 0 Å². The lowest BCUT2D eigenvalue weighted by Gasteiger charge is -2.37. The van der Waals surface area contributed by atoms with Gasteiger partial charge < -0.3 is 30.5 Å². The molecule has 8 heteroatoms. The molecule has 4 N–H and O–H groups in total. The van der Waals surface area contributed by atoms with E-state index in [0.717, 1.165) is 37.0 Å². The zero-order valence-electron chi connectivity index (χ0n) is 19.0. The van der Waals surface area contributed by atoms with Crippen molar-refractivity contribution in [2.45, 2.75) is 68.8 Å². The minimum absolute atomic E-state index is 0.000760. The summed E-state index contributed by atoms with van der Waals surface area (Å²) in [6, 6.07) is 14.7. The molecule has 0 unspecified atom stereocenters. The third-order valence-electron chi connectivity index (χ3n) is 6.92. The van der Waals surface area contributed by atoms with Crippen LogP contribution in [-0.4, -0.2) is 48.0 Å². The molecule has 0 aromatic heterocycles. The molecule has 2 fully saturated rings. The van der Waals surface area contributed by atoms with E-state index in [1.54, 1.807) is 6.07 Å². The second-order valence-corrected chi connectivity index (χ2v) is 9.35. The number of amides is 3. The molecule has 180 valence electrons. The van der Waals surface area contributed by atoms with Crippen molar-refractivity contribution in [3.05, 3.63) is 54.1 Å². The summed E-state index contributed by atoms with van der Waals surface area (Å²) < 4.78 is 12.2. The van der Waals surface area contributed by atoms with Gasteiger partial charge in [-0.15, -0.1) is 0 Å². The molecule has 34 heavy (non-hydrogen) atoms. The predicted octanol–water partition coefficient (Wildman–Crippen LogP) is 3.77. The molecule has 5 rings (SSSR count). The van der Waals surface area contributed by atoms with Crippen LogP contribution in [0.4, 0.5) is 16.2 Å². The number of urea groups is 1. The minimum Gasteiger partial charge on any atom is -0.487 e. The first-order valence-electron chi connectivity index (χ1n) is 12.1. The van der Waals surface area contributed by atoms with Gasteiger partial charge in [0.15, 0.2) is 0 Å². The van der Waals surface area contributed by atoms with Crippen LogP contribution in [0.25, 0.3) is 0 Å². The van der Waals surface area contributed by atoms with Crippen molar-refractivity contribution < 1.29 is 24.2 Å². The molecule has 2 aromatic carbocycles. The van der Waals surface area contributed by atoms with E-state index in [1.807, 2.05) is 42.5 Å². The first-order valence-corrected chi connectivity index (χ1v) is 12.1. The third kappa shape index (κ3) is 5.03. The number of carbonyl (C=O) groups excluding carboxylic acids is 2. The quantitative estimate of drug-likeness (QED) is 0.519. The summed E-state index contributed by atoms with van der Waals surface area (Å²) in [7, 11) is 0. The molecule has 0 bridgehead atoms. The Morgan fingerprint density at radius 1 is 1.00 bits per heavy atom. The average molecular weight is 466 g/mol. The number of aliphatic hydroxyl groups excluding tert-OH is 1. The van der Waals surface area contributed by atoms with E-state index in [2.05, 4.69) is 16.0 Å². The van der Waals surface area contributed by atoms with Crippen molar-refractivity contribution in [2.75, 3.05) is 17.2 Å². The molecule has 8 nitrogen and oxygen atoms in total. The van der Waals surface area contributed by atoms with Crippen molar-refractivity contribution in [3.63, 3.8) is 0 Å². The van der Waals surface area contributed by atoms with Crippen LogP contribution >= 0.6 is 0 Å². The predicted molar refractivity (Wildman–Crippen MR) is 128 cm³/mol. The van der Waals surface area contributed by atoms with Gasteiger partial charge in [0.2, 0.25) is 5.91 Å². The van der Waals surface area contributed by atoms with Gasteiger partial charge in [0, 0.05) is 28.9 Å². The van der Waals surface area contributed by atoms with Crippen LogP contribution in [0.2, 0.25) is 0 Å². The highest BCUT2D eigenvalue weighted by Crippen LogP contribution is 2.47. The first-order chi connectivity index (χ1) is 16.6. The zero-order valence-corrected chi connectivity index (χ0v) is 19.0. The molecule has 3 amide bonds. The lowest BCUT2D eigenvalue weighted by Crippen LogP contribution is -2.47. The lowest BCUT2D eigenvalue weighted by atomic mass is 9.84. The Hall–Kier alpha value is -3.10. The summed E-state index contributed by atoms with van der Waals surface area (Å²) in [6.07, 6.45) is 4.16. The number of anilines is 2. The third-order valence-corrected chi connectivity index (χ3v) is 6.92. The number of aliphatic hydroxyl groups is 1. The fraction of sp³-hybridized carbons (Fsp3) is 0.462. The first kappa shape index (κ1) is 22.7. The summed E-state index contributed by atoms with van der Waals surface area (Å²) in [6.45, 7) is -0.180. The fourth-order valence-electron chi connectivity index (χ4n) is 5.35. The van der Waals surface area contributed by atoms with Crippen molar-refractivity contribution in [3.8, 4) is 5.75 Å². The van der Waals surface area contributed by atoms with E-state index in [1.165, 1.54) is 0 Å². The van der Waals surface area contributed by atoms with Gasteiger partial charge in [-0.3, -0.25) is 4.79 Å². The lowest BCUT2D eigenvalue weighted by molar-refractivity contribution is -0.142. The van der Waals surface area contributed by atoms with Crippen LogP contribution in [0.1, 0.15) is 50.0 Å². The Morgan fingerprint density at radius 3 is 2.53 bits per heavy atom. The second kappa shape index (κ2) is 10.0. The summed E-state index contributed by atoms with van der Waals surface area (Å²) in [5.41, 5.74) is 2.32. The number of nitrogens with one attached hydrogen (secondary N) is 3. The maximum Gasteiger partial charge on any atom is 0.323 e.